The first-order valence-electron chi connectivity index (χ1n) is 6.93. The van der Waals surface area contributed by atoms with E-state index in [1.165, 1.54) is 19.3 Å². The van der Waals surface area contributed by atoms with E-state index in [0.717, 1.165) is 23.9 Å². The molecule has 0 saturated carbocycles. The molecule has 0 amide bonds. The van der Waals surface area contributed by atoms with Crippen molar-refractivity contribution in [2.24, 2.45) is 10.7 Å². The normalized spacial score (nSPS) is 22.1. The van der Waals surface area contributed by atoms with Crippen LogP contribution in [0.1, 0.15) is 16.4 Å². The molecule has 0 spiro atoms. The van der Waals surface area contributed by atoms with Crippen molar-refractivity contribution in [2.45, 2.75) is 23.8 Å². The van der Waals surface area contributed by atoms with Crippen LogP contribution < -0.4 is 10.5 Å². The van der Waals surface area contributed by atoms with Gasteiger partial charge in [-0.3, -0.25) is 4.99 Å². The first-order chi connectivity index (χ1) is 11.3. The van der Waals surface area contributed by atoms with Crippen LogP contribution >= 0.6 is 11.8 Å². The van der Waals surface area contributed by atoms with Crippen LogP contribution in [-0.2, 0) is 10.9 Å². The lowest BCUT2D eigenvalue weighted by Crippen LogP contribution is -2.29. The van der Waals surface area contributed by atoms with Gasteiger partial charge >= 0.3 is 6.18 Å². The second-order valence-corrected chi connectivity index (χ2v) is 6.13. The van der Waals surface area contributed by atoms with Gasteiger partial charge in [-0.15, -0.1) is 0 Å². The van der Waals surface area contributed by atoms with Crippen LogP contribution in [0.15, 0.2) is 35.8 Å². The maximum atomic E-state index is 13.0. The molecule has 1 aliphatic heterocycles. The number of amidine groups is 1. The Bertz CT molecular complexity index is 637. The Balaban J connectivity index is 2.46. The number of aliphatic hydroxyl groups is 1. The molecule has 1 heterocycles. The van der Waals surface area contributed by atoms with E-state index < -0.39 is 29.3 Å². The molecular formula is C15H17F3N2O3S. The minimum atomic E-state index is -4.50. The molecule has 0 radical (unpaired) electrons. The predicted molar refractivity (Wildman–Crippen MR) is 85.9 cm³/mol. The zero-order valence-corrected chi connectivity index (χ0v) is 13.6. The fourth-order valence-corrected chi connectivity index (χ4v) is 3.36. The Morgan fingerprint density at radius 2 is 2.21 bits per heavy atom. The molecule has 0 bridgehead atoms. The number of alkyl halides is 3. The highest BCUT2D eigenvalue weighted by atomic mass is 32.2. The number of ether oxygens (including phenoxy) is 2. The van der Waals surface area contributed by atoms with E-state index in [4.69, 9.17) is 15.2 Å². The van der Waals surface area contributed by atoms with Gasteiger partial charge in [-0.25, -0.2) is 0 Å². The number of nitrogens with two attached hydrogens (primary N) is 1. The number of rotatable bonds is 6. The van der Waals surface area contributed by atoms with Gasteiger partial charge in [0.1, 0.15) is 18.4 Å². The lowest BCUT2D eigenvalue weighted by molar-refractivity contribution is -0.137. The third-order valence-corrected chi connectivity index (χ3v) is 4.50. The van der Waals surface area contributed by atoms with Gasteiger partial charge < -0.3 is 20.3 Å². The summed E-state index contributed by atoms with van der Waals surface area (Å²) in [6, 6.07) is 2.33. The van der Waals surface area contributed by atoms with E-state index in [-0.39, 0.29) is 23.1 Å². The van der Waals surface area contributed by atoms with Gasteiger partial charge in [-0.2, -0.15) is 13.2 Å². The number of thioether (sulfide) groups is 1. The number of aliphatic hydroxyl groups excluding tert-OH is 1. The fraction of sp³-hybridized carbons (Fsp3) is 0.400. The van der Waals surface area contributed by atoms with E-state index in [1.807, 2.05) is 0 Å². The molecule has 9 heteroatoms. The molecule has 3 atom stereocenters. The predicted octanol–water partition coefficient (Wildman–Crippen LogP) is 2.71. The average Bonchev–Trinajstić information content (AvgIpc) is 2.92. The zero-order valence-electron chi connectivity index (χ0n) is 12.8. The molecular weight excluding hydrogens is 345 g/mol. The van der Waals surface area contributed by atoms with Gasteiger partial charge in [-0.05, 0) is 18.2 Å². The number of hydrogen-bond donors (Lipinski definition) is 2. The van der Waals surface area contributed by atoms with E-state index >= 15 is 0 Å². The molecule has 3 N–H and O–H groups in total. The van der Waals surface area contributed by atoms with Crippen molar-refractivity contribution in [1.82, 2.24) is 0 Å². The van der Waals surface area contributed by atoms with E-state index in [2.05, 4.69) is 11.6 Å². The molecule has 0 aromatic heterocycles. The first-order valence-corrected chi connectivity index (χ1v) is 7.81. The second kappa shape index (κ2) is 7.45. The Morgan fingerprint density at radius 1 is 1.50 bits per heavy atom. The largest absolute Gasteiger partial charge is 0.489 e. The van der Waals surface area contributed by atoms with Gasteiger partial charge in [0.15, 0.2) is 11.5 Å². The van der Waals surface area contributed by atoms with Crippen molar-refractivity contribution in [3.63, 3.8) is 0 Å². The molecule has 1 aromatic carbocycles. The van der Waals surface area contributed by atoms with Gasteiger partial charge in [0.25, 0.3) is 0 Å². The van der Waals surface area contributed by atoms with Crippen LogP contribution in [0.25, 0.3) is 0 Å². The number of aliphatic imine (C=N–C) groups is 1. The number of methoxy groups -OCH3 is 1. The van der Waals surface area contributed by atoms with Crippen molar-refractivity contribution in [3.05, 3.63) is 42.0 Å². The summed E-state index contributed by atoms with van der Waals surface area (Å²) < 4.78 is 49.4. The molecule has 24 heavy (non-hydrogen) atoms. The molecule has 0 aliphatic carbocycles. The maximum Gasteiger partial charge on any atom is 0.416 e. The molecule has 3 unspecified atom stereocenters. The number of halogens is 3. The summed E-state index contributed by atoms with van der Waals surface area (Å²) in [7, 11) is 1.28. The van der Waals surface area contributed by atoms with Crippen LogP contribution in [-0.4, -0.2) is 36.3 Å². The van der Waals surface area contributed by atoms with Crippen molar-refractivity contribution in [1.29, 1.82) is 0 Å². The Labute approximate surface area is 141 Å². The van der Waals surface area contributed by atoms with Crippen molar-refractivity contribution >= 4 is 16.9 Å². The molecule has 1 aliphatic rings. The third-order valence-electron chi connectivity index (χ3n) is 3.37. The highest BCUT2D eigenvalue weighted by molar-refractivity contribution is 8.14. The molecule has 2 rings (SSSR count). The Hall–Kier alpha value is -1.71. The topological polar surface area (TPSA) is 77.1 Å². The van der Waals surface area contributed by atoms with Crippen LogP contribution in [0.5, 0.6) is 5.75 Å². The maximum absolute atomic E-state index is 13.0. The van der Waals surface area contributed by atoms with Crippen molar-refractivity contribution < 1.29 is 27.8 Å². The highest BCUT2D eigenvalue weighted by Gasteiger charge is 2.39. The molecule has 132 valence electrons. The molecule has 0 fully saturated rings. The van der Waals surface area contributed by atoms with Gasteiger partial charge in [0, 0.05) is 12.7 Å². The summed E-state index contributed by atoms with van der Waals surface area (Å²) in [5.41, 5.74) is 5.11. The quantitative estimate of drug-likeness (QED) is 0.601. The SMILES string of the molecule is C=CCOc1ccc(C(F)(F)F)cc1C1SC(N)=NC1C(O)OC. The monoisotopic (exact) mass is 362 g/mol. The van der Waals surface area contributed by atoms with Gasteiger partial charge in [0.2, 0.25) is 0 Å². The summed E-state index contributed by atoms with van der Waals surface area (Å²) in [4.78, 5) is 4.06. The van der Waals surface area contributed by atoms with Gasteiger partial charge in [-0.1, -0.05) is 24.4 Å². The number of benzene rings is 1. The van der Waals surface area contributed by atoms with Crippen LogP contribution in [0.2, 0.25) is 0 Å². The third kappa shape index (κ3) is 4.03. The summed E-state index contributed by atoms with van der Waals surface area (Å²) in [6.45, 7) is 3.64. The lowest BCUT2D eigenvalue weighted by atomic mass is 10.0. The smallest absolute Gasteiger partial charge is 0.416 e. The van der Waals surface area contributed by atoms with E-state index in [9.17, 15) is 18.3 Å². The first kappa shape index (κ1) is 18.6. The molecule has 1 aromatic rings. The van der Waals surface area contributed by atoms with E-state index in [0.29, 0.717) is 0 Å². The summed E-state index contributed by atoms with van der Waals surface area (Å²) in [5, 5.41) is 9.42. The zero-order chi connectivity index (χ0) is 17.9. The minimum Gasteiger partial charge on any atom is -0.489 e. The highest BCUT2D eigenvalue weighted by Crippen LogP contribution is 2.45. The van der Waals surface area contributed by atoms with Crippen LogP contribution in [0, 0.1) is 0 Å². The molecule has 0 saturated heterocycles. The lowest BCUT2D eigenvalue weighted by Gasteiger charge is -2.24. The minimum absolute atomic E-state index is 0.129. The Morgan fingerprint density at radius 3 is 2.79 bits per heavy atom. The van der Waals surface area contributed by atoms with Crippen molar-refractivity contribution in [3.8, 4) is 5.75 Å². The average molecular weight is 362 g/mol. The number of nitrogens with zero attached hydrogens (tertiary/aromatic N) is 1. The molecule has 5 nitrogen and oxygen atoms in total. The van der Waals surface area contributed by atoms with Crippen LogP contribution in [0.3, 0.4) is 0 Å². The summed E-state index contributed by atoms with van der Waals surface area (Å²) in [5.74, 6) is 0.249. The summed E-state index contributed by atoms with van der Waals surface area (Å²) in [6.07, 6.45) is -4.32. The standard InChI is InChI=1S/C15H17F3N2O3S/c1-3-6-23-10-5-4-8(15(16,17)18)7-9(10)12-11(13(21)22-2)20-14(19)24-12/h3-5,7,11-13,21H,1,6H2,2H3,(H2,19,20). The van der Waals surface area contributed by atoms with Gasteiger partial charge in [0.05, 0.1) is 10.8 Å². The summed E-state index contributed by atoms with van der Waals surface area (Å²) >= 11 is 1.05. The van der Waals surface area contributed by atoms with Crippen LogP contribution in [0.4, 0.5) is 13.2 Å². The number of hydrogen-bond acceptors (Lipinski definition) is 6. The Kier molecular flexibility index (Phi) is 5.79. The van der Waals surface area contributed by atoms with E-state index in [1.54, 1.807) is 0 Å². The fourth-order valence-electron chi connectivity index (χ4n) is 2.27. The second-order valence-electron chi connectivity index (χ2n) is 4.97. The van der Waals surface area contributed by atoms with Crippen molar-refractivity contribution in [2.75, 3.05) is 13.7 Å².